The molecule has 2 N–H and O–H groups in total. The van der Waals surface area contributed by atoms with E-state index in [1.807, 2.05) is 6.92 Å². The van der Waals surface area contributed by atoms with Crippen LogP contribution in [0.2, 0.25) is 5.02 Å². The third-order valence-corrected chi connectivity index (χ3v) is 3.75. The number of halogens is 1. The molecule has 1 amide bonds. The van der Waals surface area contributed by atoms with E-state index in [9.17, 15) is 9.90 Å². The number of benzene rings is 1. The van der Waals surface area contributed by atoms with Crippen LogP contribution in [-0.4, -0.2) is 26.8 Å². The number of aromatic nitrogens is 2. The van der Waals surface area contributed by atoms with Gasteiger partial charge in [0.1, 0.15) is 5.60 Å². The van der Waals surface area contributed by atoms with Crippen molar-refractivity contribution in [3.8, 4) is 11.5 Å². The summed E-state index contributed by atoms with van der Waals surface area (Å²) in [5.41, 5.74) is -0.671. The minimum Gasteiger partial charge on any atom is -0.380 e. The maximum absolute atomic E-state index is 12.1. The first-order valence-electron chi connectivity index (χ1n) is 7.46. The summed E-state index contributed by atoms with van der Waals surface area (Å²) in [5.74, 6) is 0.235. The second kappa shape index (κ2) is 7.10. The average molecular weight is 338 g/mol. The van der Waals surface area contributed by atoms with E-state index in [-0.39, 0.29) is 0 Å². The summed E-state index contributed by atoms with van der Waals surface area (Å²) in [4.78, 5) is 16.4. The third-order valence-electron chi connectivity index (χ3n) is 3.49. The fourth-order valence-electron chi connectivity index (χ4n) is 2.14. The molecule has 7 heteroatoms. The Labute approximate surface area is 139 Å². The molecule has 1 aromatic carbocycles. The van der Waals surface area contributed by atoms with Gasteiger partial charge in [0.2, 0.25) is 0 Å². The third kappa shape index (κ3) is 4.30. The maximum Gasteiger partial charge on any atom is 0.257 e. The highest BCUT2D eigenvalue weighted by molar-refractivity contribution is 6.30. The van der Waals surface area contributed by atoms with E-state index in [0.29, 0.717) is 29.6 Å². The summed E-state index contributed by atoms with van der Waals surface area (Å²) in [6, 6.07) is 6.53. The summed E-state index contributed by atoms with van der Waals surface area (Å²) in [6.07, 6.45) is 1.09. The molecule has 0 aliphatic carbocycles. The Morgan fingerprint density at radius 2 is 2.09 bits per heavy atom. The summed E-state index contributed by atoms with van der Waals surface area (Å²) in [5, 5.41) is 17.3. The Morgan fingerprint density at radius 1 is 1.43 bits per heavy atom. The zero-order valence-corrected chi connectivity index (χ0v) is 14.1. The van der Waals surface area contributed by atoms with Crippen molar-refractivity contribution < 1.29 is 14.4 Å². The van der Waals surface area contributed by atoms with Gasteiger partial charge in [-0.1, -0.05) is 30.1 Å². The number of nitrogens with one attached hydrogen (secondary N) is 1. The van der Waals surface area contributed by atoms with Crippen molar-refractivity contribution >= 4 is 17.5 Å². The lowest BCUT2D eigenvalue weighted by Gasteiger charge is -2.23. The molecular weight excluding hydrogens is 318 g/mol. The first kappa shape index (κ1) is 17.4. The quantitative estimate of drug-likeness (QED) is 0.845. The summed E-state index contributed by atoms with van der Waals surface area (Å²) >= 11 is 5.84. The first-order chi connectivity index (χ1) is 10.8. The molecule has 2 rings (SSSR count). The Kier molecular flexibility index (Phi) is 5.38. The molecule has 0 aliphatic heterocycles. The van der Waals surface area contributed by atoms with Crippen LogP contribution >= 0.6 is 11.6 Å². The second-order valence-corrected chi connectivity index (χ2v) is 6.12. The molecule has 124 valence electrons. The Hall–Kier alpha value is -1.92. The number of carbonyl (C=O) groups excluding carboxylic acids is 1. The molecule has 23 heavy (non-hydrogen) atoms. The van der Waals surface area contributed by atoms with E-state index >= 15 is 0 Å². The van der Waals surface area contributed by atoms with Gasteiger partial charge >= 0.3 is 0 Å². The standard InChI is InChI=1S/C16H20ClN3O3/c1-4-9-16(3,22)15(21)18-10(2)13-19-14(23-20-13)11-5-7-12(17)8-6-11/h5-8,10,22H,4,9H2,1-3H3,(H,18,21). The lowest BCUT2D eigenvalue weighted by molar-refractivity contribution is -0.139. The topological polar surface area (TPSA) is 88.2 Å². The number of nitrogens with zero attached hydrogens (tertiary/aromatic N) is 2. The minimum absolute atomic E-state index is 0.343. The molecule has 2 atom stereocenters. The Balaban J connectivity index is 2.08. The van der Waals surface area contributed by atoms with E-state index in [4.69, 9.17) is 16.1 Å². The molecular formula is C16H20ClN3O3. The average Bonchev–Trinajstić information content (AvgIpc) is 2.97. The number of carbonyl (C=O) groups is 1. The van der Waals surface area contributed by atoms with E-state index in [1.165, 1.54) is 6.92 Å². The van der Waals surface area contributed by atoms with Crippen LogP contribution in [0.1, 0.15) is 45.5 Å². The van der Waals surface area contributed by atoms with Crippen LogP contribution in [0.4, 0.5) is 0 Å². The normalized spacial score (nSPS) is 15.0. The molecule has 0 saturated carbocycles. The van der Waals surface area contributed by atoms with Crippen molar-refractivity contribution in [2.24, 2.45) is 0 Å². The smallest absolute Gasteiger partial charge is 0.257 e. The molecule has 6 nitrogen and oxygen atoms in total. The highest BCUT2D eigenvalue weighted by Crippen LogP contribution is 2.22. The lowest BCUT2D eigenvalue weighted by atomic mass is 9.99. The number of amides is 1. The molecule has 2 aromatic rings. The SMILES string of the molecule is CCCC(C)(O)C(=O)NC(C)c1noc(-c2ccc(Cl)cc2)n1. The summed E-state index contributed by atoms with van der Waals surface area (Å²) in [7, 11) is 0. The molecule has 1 aromatic heterocycles. The maximum atomic E-state index is 12.1. The molecule has 0 radical (unpaired) electrons. The van der Waals surface area contributed by atoms with Gasteiger partial charge in [-0.15, -0.1) is 0 Å². The van der Waals surface area contributed by atoms with Crippen LogP contribution in [0.5, 0.6) is 0 Å². The highest BCUT2D eigenvalue weighted by atomic mass is 35.5. The molecule has 0 aliphatic rings. The zero-order chi connectivity index (χ0) is 17.0. The van der Waals surface area contributed by atoms with Gasteiger partial charge in [-0.3, -0.25) is 4.79 Å². The first-order valence-corrected chi connectivity index (χ1v) is 7.84. The van der Waals surface area contributed by atoms with Crippen molar-refractivity contribution in [3.05, 3.63) is 35.1 Å². The van der Waals surface area contributed by atoms with Gasteiger partial charge in [0, 0.05) is 10.6 Å². The molecule has 0 spiro atoms. The lowest BCUT2D eigenvalue weighted by Crippen LogP contribution is -2.45. The van der Waals surface area contributed by atoms with Crippen molar-refractivity contribution in [2.75, 3.05) is 0 Å². The van der Waals surface area contributed by atoms with Crippen molar-refractivity contribution in [3.63, 3.8) is 0 Å². The molecule has 0 fully saturated rings. The molecule has 0 saturated heterocycles. The van der Waals surface area contributed by atoms with Crippen LogP contribution in [0.3, 0.4) is 0 Å². The van der Waals surface area contributed by atoms with Crippen molar-refractivity contribution in [1.82, 2.24) is 15.5 Å². The number of hydrogen-bond donors (Lipinski definition) is 2. The number of hydrogen-bond acceptors (Lipinski definition) is 5. The molecule has 0 bridgehead atoms. The van der Waals surface area contributed by atoms with Gasteiger partial charge in [0.05, 0.1) is 6.04 Å². The van der Waals surface area contributed by atoms with Crippen molar-refractivity contribution in [1.29, 1.82) is 0 Å². The van der Waals surface area contributed by atoms with Crippen LogP contribution in [-0.2, 0) is 4.79 Å². The highest BCUT2D eigenvalue weighted by Gasteiger charge is 2.31. The largest absolute Gasteiger partial charge is 0.380 e. The van der Waals surface area contributed by atoms with Crippen molar-refractivity contribution in [2.45, 2.75) is 45.3 Å². The summed E-state index contributed by atoms with van der Waals surface area (Å²) < 4.78 is 5.21. The zero-order valence-electron chi connectivity index (χ0n) is 13.3. The second-order valence-electron chi connectivity index (χ2n) is 5.68. The molecule has 2 unspecified atom stereocenters. The van der Waals surface area contributed by atoms with Crippen LogP contribution in [0.15, 0.2) is 28.8 Å². The van der Waals surface area contributed by atoms with E-state index in [2.05, 4.69) is 15.5 Å². The minimum atomic E-state index is -1.41. The number of rotatable bonds is 6. The van der Waals surface area contributed by atoms with Gasteiger partial charge < -0.3 is 14.9 Å². The van der Waals surface area contributed by atoms with Gasteiger partial charge in [0.15, 0.2) is 5.82 Å². The predicted molar refractivity (Wildman–Crippen MR) is 86.8 cm³/mol. The Bertz CT molecular complexity index is 667. The van der Waals surface area contributed by atoms with E-state index in [1.54, 1.807) is 31.2 Å². The fourth-order valence-corrected chi connectivity index (χ4v) is 2.26. The fraction of sp³-hybridized carbons (Fsp3) is 0.438. The van der Waals surface area contributed by atoms with Crippen LogP contribution < -0.4 is 5.32 Å². The van der Waals surface area contributed by atoms with Gasteiger partial charge in [0.25, 0.3) is 11.8 Å². The monoisotopic (exact) mass is 337 g/mol. The van der Waals surface area contributed by atoms with Crippen LogP contribution in [0.25, 0.3) is 11.5 Å². The predicted octanol–water partition coefficient (Wildman–Crippen LogP) is 3.12. The van der Waals surface area contributed by atoms with Gasteiger partial charge in [-0.05, 0) is 44.5 Å². The van der Waals surface area contributed by atoms with E-state index in [0.717, 1.165) is 5.56 Å². The van der Waals surface area contributed by atoms with Gasteiger partial charge in [-0.25, -0.2) is 0 Å². The van der Waals surface area contributed by atoms with Crippen LogP contribution in [0, 0.1) is 0 Å². The summed E-state index contributed by atoms with van der Waals surface area (Å²) in [6.45, 7) is 5.13. The van der Waals surface area contributed by atoms with E-state index < -0.39 is 17.6 Å². The molecule has 1 heterocycles. The Morgan fingerprint density at radius 3 is 2.70 bits per heavy atom. The van der Waals surface area contributed by atoms with Gasteiger partial charge in [-0.2, -0.15) is 4.98 Å². The number of aliphatic hydroxyl groups is 1.